The second-order valence-corrected chi connectivity index (χ2v) is 7.18. The topological polar surface area (TPSA) is 79.6 Å². The molecular weight excluding hydrogens is 354 g/mol. The lowest BCUT2D eigenvalue weighted by Gasteiger charge is -2.36. The van der Waals surface area contributed by atoms with Gasteiger partial charge in [-0.05, 0) is 38.5 Å². The van der Waals surface area contributed by atoms with Crippen LogP contribution in [0.3, 0.4) is 0 Å². The zero-order valence-corrected chi connectivity index (χ0v) is 17.2. The Labute approximate surface area is 167 Å². The van der Waals surface area contributed by atoms with E-state index in [9.17, 15) is 0 Å². The van der Waals surface area contributed by atoms with Gasteiger partial charge in [0.25, 0.3) is 0 Å². The van der Waals surface area contributed by atoms with E-state index >= 15 is 0 Å². The molecule has 0 amide bonds. The minimum absolute atomic E-state index is 0.225. The van der Waals surface area contributed by atoms with Gasteiger partial charge in [0.1, 0.15) is 5.82 Å². The first-order valence-corrected chi connectivity index (χ1v) is 9.89. The predicted molar refractivity (Wildman–Crippen MR) is 111 cm³/mol. The minimum atomic E-state index is 0.225. The van der Waals surface area contributed by atoms with Gasteiger partial charge in [-0.3, -0.25) is 4.68 Å². The lowest BCUT2D eigenvalue weighted by atomic mass is 10.2. The lowest BCUT2D eigenvalue weighted by Crippen LogP contribution is -2.45. The van der Waals surface area contributed by atoms with Gasteiger partial charge < -0.3 is 20.3 Å². The van der Waals surface area contributed by atoms with Crippen molar-refractivity contribution < 1.29 is 4.74 Å². The van der Waals surface area contributed by atoms with Crippen molar-refractivity contribution in [3.05, 3.63) is 41.9 Å². The Kier molecular flexibility index (Phi) is 6.86. The van der Waals surface area contributed by atoms with E-state index in [-0.39, 0.29) is 12.2 Å². The first-order chi connectivity index (χ1) is 13.5. The van der Waals surface area contributed by atoms with Gasteiger partial charge >= 0.3 is 0 Å². The molecule has 1 aliphatic heterocycles. The van der Waals surface area contributed by atoms with E-state index in [1.807, 2.05) is 24.0 Å². The third-order valence-electron chi connectivity index (χ3n) is 4.68. The minimum Gasteiger partial charge on any atom is -0.372 e. The van der Waals surface area contributed by atoms with E-state index in [0.29, 0.717) is 13.1 Å². The molecule has 8 nitrogen and oxygen atoms in total. The number of morpholine rings is 1. The Morgan fingerprint density at radius 3 is 2.61 bits per heavy atom. The molecule has 2 unspecified atom stereocenters. The summed E-state index contributed by atoms with van der Waals surface area (Å²) in [6.45, 7) is 10.1. The molecule has 8 heteroatoms. The third-order valence-corrected chi connectivity index (χ3v) is 4.68. The molecule has 0 bridgehead atoms. The standard InChI is InChI=1S/C20H31N7O/c1-5-21-20(24-12-18-8-9-25-26(18)4)23-11-17-6-7-19(22-10-17)27-13-15(2)28-16(3)14-27/h6-10,15-16H,5,11-14H2,1-4H3,(H2,21,23,24). The highest BCUT2D eigenvalue weighted by molar-refractivity contribution is 5.79. The van der Waals surface area contributed by atoms with Crippen LogP contribution in [0.2, 0.25) is 0 Å². The van der Waals surface area contributed by atoms with Crippen LogP contribution in [0.15, 0.2) is 35.6 Å². The molecule has 1 fully saturated rings. The van der Waals surface area contributed by atoms with E-state index in [0.717, 1.165) is 42.7 Å². The van der Waals surface area contributed by atoms with E-state index in [4.69, 9.17) is 4.74 Å². The molecule has 3 heterocycles. The Bertz CT molecular complexity index is 761. The second-order valence-electron chi connectivity index (χ2n) is 7.18. The van der Waals surface area contributed by atoms with Gasteiger partial charge in [-0.2, -0.15) is 5.10 Å². The lowest BCUT2D eigenvalue weighted by molar-refractivity contribution is -0.00545. The van der Waals surface area contributed by atoms with Gasteiger partial charge in [-0.1, -0.05) is 6.07 Å². The number of hydrogen-bond acceptors (Lipinski definition) is 5. The van der Waals surface area contributed by atoms with Crippen LogP contribution in [0.25, 0.3) is 0 Å². The monoisotopic (exact) mass is 385 g/mol. The zero-order chi connectivity index (χ0) is 19.9. The highest BCUT2D eigenvalue weighted by Crippen LogP contribution is 2.18. The van der Waals surface area contributed by atoms with Crippen LogP contribution >= 0.6 is 0 Å². The van der Waals surface area contributed by atoms with Crippen molar-refractivity contribution in [2.24, 2.45) is 12.0 Å². The number of pyridine rings is 1. The molecule has 0 saturated carbocycles. The molecule has 28 heavy (non-hydrogen) atoms. The Balaban J connectivity index is 1.58. The van der Waals surface area contributed by atoms with Crippen LogP contribution in [0.4, 0.5) is 5.82 Å². The Morgan fingerprint density at radius 2 is 2.00 bits per heavy atom. The van der Waals surface area contributed by atoms with Gasteiger partial charge in [0, 0.05) is 39.1 Å². The molecule has 0 radical (unpaired) electrons. The number of nitrogens with zero attached hydrogens (tertiary/aromatic N) is 5. The van der Waals surface area contributed by atoms with Crippen molar-refractivity contribution in [3.8, 4) is 0 Å². The van der Waals surface area contributed by atoms with Gasteiger partial charge in [0.2, 0.25) is 0 Å². The van der Waals surface area contributed by atoms with E-state index < -0.39 is 0 Å². The highest BCUT2D eigenvalue weighted by atomic mass is 16.5. The van der Waals surface area contributed by atoms with Crippen LogP contribution in [0.1, 0.15) is 32.0 Å². The van der Waals surface area contributed by atoms with Crippen LogP contribution in [-0.4, -0.2) is 52.6 Å². The molecule has 0 spiro atoms. The summed E-state index contributed by atoms with van der Waals surface area (Å²) in [6.07, 6.45) is 4.16. The summed E-state index contributed by atoms with van der Waals surface area (Å²) in [5.74, 6) is 1.78. The molecule has 1 saturated heterocycles. The summed E-state index contributed by atoms with van der Waals surface area (Å²) in [6, 6.07) is 6.17. The van der Waals surface area contributed by atoms with Crippen LogP contribution < -0.4 is 15.5 Å². The zero-order valence-electron chi connectivity index (χ0n) is 17.2. The Hall–Kier alpha value is -2.61. The van der Waals surface area contributed by atoms with Crippen LogP contribution in [0, 0.1) is 0 Å². The van der Waals surface area contributed by atoms with Gasteiger partial charge in [-0.25, -0.2) is 9.98 Å². The van der Waals surface area contributed by atoms with Crippen molar-refractivity contribution >= 4 is 11.8 Å². The van der Waals surface area contributed by atoms with Crippen molar-refractivity contribution in [2.45, 2.75) is 46.1 Å². The van der Waals surface area contributed by atoms with E-state index in [1.165, 1.54) is 0 Å². The van der Waals surface area contributed by atoms with Crippen molar-refractivity contribution in [1.82, 2.24) is 25.4 Å². The van der Waals surface area contributed by atoms with Gasteiger partial charge in [-0.15, -0.1) is 0 Å². The fourth-order valence-corrected chi connectivity index (χ4v) is 3.32. The quantitative estimate of drug-likeness (QED) is 0.582. The average molecular weight is 386 g/mol. The van der Waals surface area contributed by atoms with Crippen molar-refractivity contribution in [2.75, 3.05) is 24.5 Å². The molecule has 1 aliphatic rings. The first kappa shape index (κ1) is 20.1. The number of nitrogens with one attached hydrogen (secondary N) is 2. The Morgan fingerprint density at radius 1 is 1.21 bits per heavy atom. The van der Waals surface area contributed by atoms with E-state index in [2.05, 4.69) is 63.5 Å². The molecule has 0 aromatic carbocycles. The summed E-state index contributed by atoms with van der Waals surface area (Å²) in [5, 5.41) is 10.8. The largest absolute Gasteiger partial charge is 0.372 e. The number of aromatic nitrogens is 3. The maximum Gasteiger partial charge on any atom is 0.191 e. The number of anilines is 1. The SMILES string of the molecule is CCNC(=NCc1ccc(N2CC(C)OC(C)C2)nc1)NCc1ccnn1C. The number of aliphatic imine (C=N–C) groups is 1. The van der Waals surface area contributed by atoms with Crippen molar-refractivity contribution in [3.63, 3.8) is 0 Å². The smallest absolute Gasteiger partial charge is 0.191 e. The average Bonchev–Trinajstić information content (AvgIpc) is 3.08. The van der Waals surface area contributed by atoms with Crippen molar-refractivity contribution in [1.29, 1.82) is 0 Å². The summed E-state index contributed by atoms with van der Waals surface area (Å²) < 4.78 is 7.65. The molecule has 2 N–H and O–H groups in total. The number of guanidine groups is 1. The van der Waals surface area contributed by atoms with Crippen LogP contribution in [-0.2, 0) is 24.9 Å². The number of hydrogen-bond donors (Lipinski definition) is 2. The molecule has 2 aromatic rings. The molecule has 2 atom stereocenters. The highest BCUT2D eigenvalue weighted by Gasteiger charge is 2.22. The maximum absolute atomic E-state index is 5.80. The normalized spacial score (nSPS) is 20.3. The number of rotatable bonds is 6. The molecular formula is C20H31N7O. The maximum atomic E-state index is 5.80. The van der Waals surface area contributed by atoms with Crippen LogP contribution in [0.5, 0.6) is 0 Å². The molecule has 2 aromatic heterocycles. The molecule has 0 aliphatic carbocycles. The number of aryl methyl sites for hydroxylation is 1. The summed E-state index contributed by atoms with van der Waals surface area (Å²) in [7, 11) is 1.93. The predicted octanol–water partition coefficient (Wildman–Crippen LogP) is 1.68. The van der Waals surface area contributed by atoms with Gasteiger partial charge in [0.15, 0.2) is 5.96 Å². The molecule has 3 rings (SSSR count). The number of ether oxygens (including phenoxy) is 1. The van der Waals surface area contributed by atoms with Gasteiger partial charge in [0.05, 0.1) is 31.0 Å². The first-order valence-electron chi connectivity index (χ1n) is 9.89. The third kappa shape index (κ3) is 5.45. The van der Waals surface area contributed by atoms with E-state index in [1.54, 1.807) is 6.20 Å². The summed E-state index contributed by atoms with van der Waals surface area (Å²) in [4.78, 5) is 11.6. The second kappa shape index (κ2) is 9.54. The fraction of sp³-hybridized carbons (Fsp3) is 0.550. The molecule has 152 valence electrons. The fourth-order valence-electron chi connectivity index (χ4n) is 3.32. The summed E-state index contributed by atoms with van der Waals surface area (Å²) >= 11 is 0. The summed E-state index contributed by atoms with van der Waals surface area (Å²) in [5.41, 5.74) is 2.18.